The number of benzene rings is 1. The third-order valence-electron chi connectivity index (χ3n) is 2.92. The van der Waals surface area contributed by atoms with Crippen LogP contribution in [0.25, 0.3) is 0 Å². The van der Waals surface area contributed by atoms with E-state index in [1.165, 1.54) is 5.56 Å². The van der Waals surface area contributed by atoms with Crippen molar-refractivity contribution in [3.8, 4) is 0 Å². The van der Waals surface area contributed by atoms with Crippen LogP contribution in [-0.4, -0.2) is 4.98 Å². The van der Waals surface area contributed by atoms with Gasteiger partial charge in [0.15, 0.2) is 0 Å². The minimum atomic E-state index is 0.0758. The van der Waals surface area contributed by atoms with Gasteiger partial charge in [-0.3, -0.25) is 4.98 Å². The minimum Gasteiger partial charge on any atom is -0.263 e. The molecular formula is C15H15Cl2N. The second kappa shape index (κ2) is 6.77. The molecule has 0 aliphatic carbocycles. The van der Waals surface area contributed by atoms with Gasteiger partial charge in [0.1, 0.15) is 0 Å². The van der Waals surface area contributed by atoms with Crippen LogP contribution in [-0.2, 0) is 6.42 Å². The highest BCUT2D eigenvalue weighted by Gasteiger charge is 2.07. The van der Waals surface area contributed by atoms with Gasteiger partial charge in [0.25, 0.3) is 0 Å². The molecular weight excluding hydrogens is 265 g/mol. The first-order chi connectivity index (χ1) is 8.77. The quantitative estimate of drug-likeness (QED) is 0.699. The van der Waals surface area contributed by atoms with Gasteiger partial charge in [0, 0.05) is 12.4 Å². The zero-order chi connectivity index (χ0) is 12.8. The van der Waals surface area contributed by atoms with Crippen molar-refractivity contribution in [1.82, 2.24) is 4.98 Å². The maximum absolute atomic E-state index is 6.37. The van der Waals surface area contributed by atoms with Crippen LogP contribution < -0.4 is 0 Å². The SMILES string of the molecule is Clc1cnccc1CCCC(Cl)c1ccccc1. The molecule has 1 aromatic carbocycles. The fraction of sp³-hybridized carbons (Fsp3) is 0.267. The van der Waals surface area contributed by atoms with Gasteiger partial charge < -0.3 is 0 Å². The zero-order valence-corrected chi connectivity index (χ0v) is 11.5. The molecule has 0 radical (unpaired) electrons. The number of hydrogen-bond acceptors (Lipinski definition) is 1. The van der Waals surface area contributed by atoms with Crippen LogP contribution >= 0.6 is 23.2 Å². The van der Waals surface area contributed by atoms with Crippen LogP contribution in [0.2, 0.25) is 5.02 Å². The third kappa shape index (κ3) is 3.72. The second-order valence-corrected chi connectivity index (χ2v) is 5.17. The van der Waals surface area contributed by atoms with Crippen molar-refractivity contribution in [2.75, 3.05) is 0 Å². The highest BCUT2D eigenvalue weighted by atomic mass is 35.5. The molecule has 0 N–H and O–H groups in total. The predicted octanol–water partition coefficient (Wildman–Crippen LogP) is 5.04. The standard InChI is InChI=1S/C15H15Cl2N/c16-14(12-5-2-1-3-6-12)8-4-7-13-9-10-18-11-15(13)17/h1-3,5-6,9-11,14H,4,7-8H2. The Morgan fingerprint density at radius 3 is 2.61 bits per heavy atom. The van der Waals surface area contributed by atoms with Crippen molar-refractivity contribution in [2.45, 2.75) is 24.6 Å². The normalized spacial score (nSPS) is 12.3. The summed E-state index contributed by atoms with van der Waals surface area (Å²) >= 11 is 12.4. The molecule has 0 aliphatic rings. The van der Waals surface area contributed by atoms with Gasteiger partial charge in [-0.05, 0) is 36.5 Å². The molecule has 0 bridgehead atoms. The van der Waals surface area contributed by atoms with Crippen molar-refractivity contribution < 1.29 is 0 Å². The Morgan fingerprint density at radius 1 is 1.11 bits per heavy atom. The van der Waals surface area contributed by atoms with E-state index in [1.54, 1.807) is 12.4 Å². The van der Waals surface area contributed by atoms with E-state index >= 15 is 0 Å². The summed E-state index contributed by atoms with van der Waals surface area (Å²) in [6.07, 6.45) is 6.37. The van der Waals surface area contributed by atoms with E-state index in [4.69, 9.17) is 23.2 Å². The number of nitrogens with zero attached hydrogens (tertiary/aromatic N) is 1. The van der Waals surface area contributed by atoms with E-state index in [9.17, 15) is 0 Å². The number of halogens is 2. The first kappa shape index (κ1) is 13.4. The van der Waals surface area contributed by atoms with E-state index in [1.807, 2.05) is 24.3 Å². The smallest absolute Gasteiger partial charge is 0.0621 e. The van der Waals surface area contributed by atoms with Crippen LogP contribution in [0.1, 0.15) is 29.3 Å². The molecule has 1 atom stereocenters. The summed E-state index contributed by atoms with van der Waals surface area (Å²) in [6.45, 7) is 0. The van der Waals surface area contributed by atoms with Gasteiger partial charge in [0.2, 0.25) is 0 Å². The monoisotopic (exact) mass is 279 g/mol. The average molecular weight is 280 g/mol. The zero-order valence-electron chi connectivity index (χ0n) is 10.0. The van der Waals surface area contributed by atoms with Gasteiger partial charge in [-0.1, -0.05) is 41.9 Å². The van der Waals surface area contributed by atoms with Crippen molar-refractivity contribution in [3.05, 3.63) is 64.9 Å². The summed E-state index contributed by atoms with van der Waals surface area (Å²) in [5.41, 5.74) is 2.32. The fourth-order valence-electron chi connectivity index (χ4n) is 1.91. The molecule has 94 valence electrons. The summed E-state index contributed by atoms with van der Waals surface area (Å²) in [7, 11) is 0. The maximum atomic E-state index is 6.37. The van der Waals surface area contributed by atoms with E-state index in [2.05, 4.69) is 17.1 Å². The van der Waals surface area contributed by atoms with Crippen molar-refractivity contribution in [3.63, 3.8) is 0 Å². The lowest BCUT2D eigenvalue weighted by Gasteiger charge is -2.09. The Labute approximate surface area is 118 Å². The van der Waals surface area contributed by atoms with Gasteiger partial charge in [0.05, 0.1) is 10.4 Å². The van der Waals surface area contributed by atoms with Crippen molar-refractivity contribution >= 4 is 23.2 Å². The van der Waals surface area contributed by atoms with Crippen LogP contribution in [0.5, 0.6) is 0 Å². The average Bonchev–Trinajstić information content (AvgIpc) is 2.42. The lowest BCUT2D eigenvalue weighted by atomic mass is 10.0. The molecule has 0 amide bonds. The van der Waals surface area contributed by atoms with Crippen molar-refractivity contribution in [1.29, 1.82) is 0 Å². The molecule has 0 saturated heterocycles. The Morgan fingerprint density at radius 2 is 1.89 bits per heavy atom. The van der Waals surface area contributed by atoms with E-state index in [0.717, 1.165) is 29.8 Å². The first-order valence-corrected chi connectivity index (χ1v) is 6.86. The summed E-state index contributed by atoms with van der Waals surface area (Å²) in [5, 5.41) is 0.815. The Bertz CT molecular complexity index is 485. The minimum absolute atomic E-state index is 0.0758. The number of rotatable bonds is 5. The Balaban J connectivity index is 1.84. The number of alkyl halides is 1. The molecule has 1 unspecified atom stereocenters. The van der Waals surface area contributed by atoms with Crippen molar-refractivity contribution in [2.24, 2.45) is 0 Å². The Kier molecular flexibility index (Phi) is 5.03. The Hall–Kier alpha value is -1.05. The van der Waals surface area contributed by atoms with E-state index < -0.39 is 0 Å². The van der Waals surface area contributed by atoms with Gasteiger partial charge in [-0.15, -0.1) is 11.6 Å². The topological polar surface area (TPSA) is 12.9 Å². The maximum Gasteiger partial charge on any atom is 0.0621 e. The first-order valence-electron chi connectivity index (χ1n) is 6.05. The number of aromatic nitrogens is 1. The largest absolute Gasteiger partial charge is 0.263 e. The summed E-state index contributed by atoms with van der Waals surface area (Å²) in [5.74, 6) is 0. The number of pyridine rings is 1. The predicted molar refractivity (Wildman–Crippen MR) is 77.2 cm³/mol. The lowest BCUT2D eigenvalue weighted by Crippen LogP contribution is -1.93. The van der Waals surface area contributed by atoms with Crippen LogP contribution in [0.4, 0.5) is 0 Å². The fourth-order valence-corrected chi connectivity index (χ4v) is 2.42. The molecule has 2 rings (SSSR count). The number of hydrogen-bond donors (Lipinski definition) is 0. The summed E-state index contributed by atoms with van der Waals surface area (Å²) in [6, 6.07) is 12.1. The number of aryl methyl sites for hydroxylation is 1. The lowest BCUT2D eigenvalue weighted by molar-refractivity contribution is 0.716. The highest BCUT2D eigenvalue weighted by Crippen LogP contribution is 2.26. The molecule has 1 heterocycles. The van der Waals surface area contributed by atoms with Gasteiger partial charge in [-0.25, -0.2) is 0 Å². The van der Waals surface area contributed by atoms with Gasteiger partial charge >= 0.3 is 0 Å². The summed E-state index contributed by atoms with van der Waals surface area (Å²) < 4.78 is 0. The van der Waals surface area contributed by atoms with E-state index in [0.29, 0.717) is 0 Å². The van der Waals surface area contributed by atoms with E-state index in [-0.39, 0.29) is 5.38 Å². The molecule has 18 heavy (non-hydrogen) atoms. The van der Waals surface area contributed by atoms with Crippen LogP contribution in [0.15, 0.2) is 48.8 Å². The highest BCUT2D eigenvalue weighted by molar-refractivity contribution is 6.31. The molecule has 0 spiro atoms. The molecule has 1 nitrogen and oxygen atoms in total. The molecule has 0 fully saturated rings. The van der Waals surface area contributed by atoms with Gasteiger partial charge in [-0.2, -0.15) is 0 Å². The molecule has 1 aromatic heterocycles. The molecule has 0 saturated carbocycles. The van der Waals surface area contributed by atoms with Crippen LogP contribution in [0, 0.1) is 0 Å². The second-order valence-electron chi connectivity index (χ2n) is 4.24. The summed E-state index contributed by atoms with van der Waals surface area (Å²) in [4.78, 5) is 3.98. The van der Waals surface area contributed by atoms with Crippen LogP contribution in [0.3, 0.4) is 0 Å². The third-order valence-corrected chi connectivity index (χ3v) is 3.73. The molecule has 2 aromatic rings. The molecule has 3 heteroatoms. The molecule has 0 aliphatic heterocycles.